The van der Waals surface area contributed by atoms with E-state index in [0.29, 0.717) is 35.9 Å². The summed E-state index contributed by atoms with van der Waals surface area (Å²) in [5, 5.41) is 0. The van der Waals surface area contributed by atoms with Crippen molar-refractivity contribution in [2.45, 2.75) is 31.6 Å². The van der Waals surface area contributed by atoms with Crippen LogP contribution in [-0.2, 0) is 5.41 Å². The number of aromatic nitrogens is 1. The van der Waals surface area contributed by atoms with Gasteiger partial charge in [-0.2, -0.15) is 0 Å². The van der Waals surface area contributed by atoms with Crippen molar-refractivity contribution < 1.29 is 19.0 Å². The van der Waals surface area contributed by atoms with Crippen LogP contribution in [0.2, 0.25) is 0 Å². The van der Waals surface area contributed by atoms with Crippen LogP contribution in [0.25, 0.3) is 0 Å². The Hall–Kier alpha value is -2.76. The van der Waals surface area contributed by atoms with E-state index in [-0.39, 0.29) is 11.3 Å². The molecule has 6 heteroatoms. The van der Waals surface area contributed by atoms with Crippen LogP contribution in [0, 0.1) is 0 Å². The van der Waals surface area contributed by atoms with Gasteiger partial charge in [0, 0.05) is 36.5 Å². The summed E-state index contributed by atoms with van der Waals surface area (Å²) in [6.45, 7) is 3.58. The first-order valence-electron chi connectivity index (χ1n) is 9.58. The number of benzene rings is 1. The van der Waals surface area contributed by atoms with E-state index in [1.54, 1.807) is 39.7 Å². The zero-order chi connectivity index (χ0) is 20.1. The molecule has 1 aliphatic heterocycles. The maximum atomic E-state index is 13.3. The van der Waals surface area contributed by atoms with Gasteiger partial charge in [0.25, 0.3) is 5.91 Å². The smallest absolute Gasteiger partial charge is 0.254 e. The van der Waals surface area contributed by atoms with Gasteiger partial charge in [-0.05, 0) is 36.6 Å². The minimum Gasteiger partial charge on any atom is -0.493 e. The van der Waals surface area contributed by atoms with E-state index in [4.69, 9.17) is 14.2 Å². The monoisotopic (exact) mass is 384 g/mol. The zero-order valence-electron chi connectivity index (χ0n) is 17.0. The van der Waals surface area contributed by atoms with E-state index in [1.807, 2.05) is 17.2 Å². The molecule has 28 heavy (non-hydrogen) atoms. The summed E-state index contributed by atoms with van der Waals surface area (Å²) >= 11 is 0. The standard InChI is InChI=1S/C22H28N2O4/c1-5-8-22(17-7-6-10-23-14-17)9-11-24(15-22)21(25)16-12-18(26-2)20(28-4)19(13-16)27-3/h6-7,10,12-14H,5,8-9,11,15H2,1-4H3. The van der Waals surface area contributed by atoms with E-state index < -0.39 is 0 Å². The fourth-order valence-electron chi connectivity index (χ4n) is 4.17. The highest BCUT2D eigenvalue weighted by Crippen LogP contribution is 2.41. The van der Waals surface area contributed by atoms with Crippen LogP contribution < -0.4 is 14.2 Å². The van der Waals surface area contributed by atoms with Crippen LogP contribution in [0.3, 0.4) is 0 Å². The van der Waals surface area contributed by atoms with Crippen molar-refractivity contribution >= 4 is 5.91 Å². The Morgan fingerprint density at radius 3 is 2.43 bits per heavy atom. The quantitative estimate of drug-likeness (QED) is 0.729. The van der Waals surface area contributed by atoms with Crippen molar-refractivity contribution in [2.24, 2.45) is 0 Å². The lowest BCUT2D eigenvalue weighted by atomic mass is 9.77. The first-order chi connectivity index (χ1) is 13.6. The average Bonchev–Trinajstić information content (AvgIpc) is 3.18. The number of hydrogen-bond donors (Lipinski definition) is 0. The number of ether oxygens (including phenoxy) is 3. The first-order valence-corrected chi connectivity index (χ1v) is 9.58. The Balaban J connectivity index is 1.90. The Kier molecular flexibility index (Phi) is 6.07. The zero-order valence-corrected chi connectivity index (χ0v) is 17.0. The topological polar surface area (TPSA) is 60.9 Å². The largest absolute Gasteiger partial charge is 0.493 e. The third kappa shape index (κ3) is 3.63. The van der Waals surface area contributed by atoms with Crippen molar-refractivity contribution in [3.05, 3.63) is 47.8 Å². The molecule has 1 aromatic heterocycles. The molecule has 2 aromatic rings. The molecule has 1 fully saturated rings. The molecule has 3 rings (SSSR count). The van der Waals surface area contributed by atoms with Gasteiger partial charge in [-0.25, -0.2) is 0 Å². The molecule has 1 aromatic carbocycles. The fraction of sp³-hybridized carbons (Fsp3) is 0.455. The number of nitrogens with zero attached hydrogens (tertiary/aromatic N) is 2. The van der Waals surface area contributed by atoms with Gasteiger partial charge in [-0.1, -0.05) is 19.4 Å². The molecule has 1 atom stereocenters. The van der Waals surface area contributed by atoms with Gasteiger partial charge >= 0.3 is 0 Å². The molecule has 0 bridgehead atoms. The summed E-state index contributed by atoms with van der Waals surface area (Å²) in [7, 11) is 4.65. The van der Waals surface area contributed by atoms with Gasteiger partial charge in [-0.3, -0.25) is 9.78 Å². The molecule has 1 aliphatic rings. The molecule has 1 unspecified atom stereocenters. The molecule has 1 saturated heterocycles. The van der Waals surface area contributed by atoms with Crippen molar-refractivity contribution in [2.75, 3.05) is 34.4 Å². The third-order valence-electron chi connectivity index (χ3n) is 5.56. The van der Waals surface area contributed by atoms with E-state index in [1.165, 1.54) is 5.56 Å². The molecule has 0 spiro atoms. The summed E-state index contributed by atoms with van der Waals surface area (Å²) in [6.07, 6.45) is 6.74. The molecule has 6 nitrogen and oxygen atoms in total. The van der Waals surface area contributed by atoms with Gasteiger partial charge in [0.2, 0.25) is 5.75 Å². The molecule has 0 N–H and O–H groups in total. The number of rotatable bonds is 7. The maximum Gasteiger partial charge on any atom is 0.254 e. The molecule has 0 aliphatic carbocycles. The van der Waals surface area contributed by atoms with Crippen LogP contribution in [0.4, 0.5) is 0 Å². The molecule has 2 heterocycles. The third-order valence-corrected chi connectivity index (χ3v) is 5.56. The summed E-state index contributed by atoms with van der Waals surface area (Å²) in [6, 6.07) is 7.52. The van der Waals surface area contributed by atoms with E-state index >= 15 is 0 Å². The summed E-state index contributed by atoms with van der Waals surface area (Å²) < 4.78 is 16.2. The predicted octanol–water partition coefficient (Wildman–Crippen LogP) is 3.69. The molecule has 150 valence electrons. The first kappa shape index (κ1) is 20.0. The van der Waals surface area contributed by atoms with Crippen molar-refractivity contribution in [1.29, 1.82) is 0 Å². The average molecular weight is 384 g/mol. The van der Waals surface area contributed by atoms with E-state index in [9.17, 15) is 4.79 Å². The van der Waals surface area contributed by atoms with Gasteiger partial charge in [0.05, 0.1) is 21.3 Å². The van der Waals surface area contributed by atoms with Crippen molar-refractivity contribution in [3.63, 3.8) is 0 Å². The van der Waals surface area contributed by atoms with Gasteiger partial charge in [-0.15, -0.1) is 0 Å². The van der Waals surface area contributed by atoms with Crippen LogP contribution in [-0.4, -0.2) is 50.2 Å². The highest BCUT2D eigenvalue weighted by molar-refractivity contribution is 5.96. The minimum absolute atomic E-state index is 0.0267. The molecule has 0 saturated carbocycles. The lowest BCUT2D eigenvalue weighted by molar-refractivity contribution is 0.0781. The van der Waals surface area contributed by atoms with Gasteiger partial charge in [0.1, 0.15) is 0 Å². The fourth-order valence-corrected chi connectivity index (χ4v) is 4.17. The number of likely N-dealkylation sites (tertiary alicyclic amines) is 1. The van der Waals surface area contributed by atoms with Crippen LogP contribution >= 0.6 is 0 Å². The Labute approximate surface area is 166 Å². The second-order valence-electron chi connectivity index (χ2n) is 7.16. The molecular weight excluding hydrogens is 356 g/mol. The lowest BCUT2D eigenvalue weighted by Gasteiger charge is -2.29. The molecular formula is C22H28N2O4. The minimum atomic E-state index is -0.0423. The maximum absolute atomic E-state index is 13.3. The summed E-state index contributed by atoms with van der Waals surface area (Å²) in [4.78, 5) is 19.5. The predicted molar refractivity (Wildman–Crippen MR) is 107 cm³/mol. The molecule has 0 radical (unpaired) electrons. The van der Waals surface area contributed by atoms with E-state index in [0.717, 1.165) is 19.3 Å². The Bertz CT molecular complexity index is 800. The second kappa shape index (κ2) is 8.50. The second-order valence-corrected chi connectivity index (χ2v) is 7.16. The number of hydrogen-bond acceptors (Lipinski definition) is 5. The number of carbonyl (C=O) groups excluding carboxylic acids is 1. The summed E-state index contributed by atoms with van der Waals surface area (Å²) in [5.41, 5.74) is 1.70. The normalized spacial score (nSPS) is 18.8. The van der Waals surface area contributed by atoms with Gasteiger partial charge < -0.3 is 19.1 Å². The van der Waals surface area contributed by atoms with Crippen LogP contribution in [0.1, 0.15) is 42.1 Å². The number of pyridine rings is 1. The highest BCUT2D eigenvalue weighted by atomic mass is 16.5. The van der Waals surface area contributed by atoms with Gasteiger partial charge in [0.15, 0.2) is 11.5 Å². The highest BCUT2D eigenvalue weighted by Gasteiger charge is 2.41. The lowest BCUT2D eigenvalue weighted by Crippen LogP contribution is -2.34. The van der Waals surface area contributed by atoms with Crippen molar-refractivity contribution in [1.82, 2.24) is 9.88 Å². The number of amides is 1. The molecule has 1 amide bonds. The van der Waals surface area contributed by atoms with Crippen LogP contribution in [0.5, 0.6) is 17.2 Å². The van der Waals surface area contributed by atoms with Crippen molar-refractivity contribution in [3.8, 4) is 17.2 Å². The summed E-state index contributed by atoms with van der Waals surface area (Å²) in [5.74, 6) is 1.42. The number of methoxy groups -OCH3 is 3. The Morgan fingerprint density at radius 1 is 1.18 bits per heavy atom. The number of carbonyl (C=O) groups is 1. The van der Waals surface area contributed by atoms with E-state index in [2.05, 4.69) is 18.0 Å². The van der Waals surface area contributed by atoms with Crippen LogP contribution in [0.15, 0.2) is 36.7 Å². The Morgan fingerprint density at radius 2 is 1.89 bits per heavy atom. The SMILES string of the molecule is CCCC1(c2cccnc2)CCN(C(=O)c2cc(OC)c(OC)c(OC)c2)C1.